The van der Waals surface area contributed by atoms with E-state index in [9.17, 15) is 4.79 Å². The summed E-state index contributed by atoms with van der Waals surface area (Å²) >= 11 is 0. The predicted octanol–water partition coefficient (Wildman–Crippen LogP) is 5.00. The average molecular weight is 337 g/mol. The van der Waals surface area contributed by atoms with Crippen LogP contribution in [0.1, 0.15) is 50.5 Å². The van der Waals surface area contributed by atoms with Crippen LogP contribution in [0, 0.1) is 11.3 Å². The summed E-state index contributed by atoms with van der Waals surface area (Å²) < 4.78 is 2.11. The third kappa shape index (κ3) is 3.53. The van der Waals surface area contributed by atoms with Gasteiger partial charge in [0.2, 0.25) is 0 Å². The Balaban J connectivity index is 1.99. The molecule has 0 saturated heterocycles. The Bertz CT molecular complexity index is 922. The van der Waals surface area contributed by atoms with Crippen molar-refractivity contribution in [3.05, 3.63) is 41.6 Å². The molecular formula is C21H27N3O. The summed E-state index contributed by atoms with van der Waals surface area (Å²) in [5, 5.41) is 0. The second kappa shape index (κ2) is 6.17. The number of aryl methyl sites for hydroxylation is 1. The Morgan fingerprint density at radius 1 is 1.24 bits per heavy atom. The summed E-state index contributed by atoms with van der Waals surface area (Å²) in [5.74, 6) is 1.60. The molecule has 2 aromatic heterocycles. The van der Waals surface area contributed by atoms with E-state index < -0.39 is 0 Å². The SMILES string of the molecule is CC(C)Cc1cc(-c2nc3ccc(C(=O)C(C)(C)C)cc3[nH]2)n(C)c1. The summed E-state index contributed by atoms with van der Waals surface area (Å²) in [6.07, 6.45) is 3.22. The van der Waals surface area contributed by atoms with Gasteiger partial charge in [0.25, 0.3) is 0 Å². The highest BCUT2D eigenvalue weighted by Gasteiger charge is 2.23. The van der Waals surface area contributed by atoms with Crippen LogP contribution in [0.25, 0.3) is 22.6 Å². The minimum atomic E-state index is -0.388. The van der Waals surface area contributed by atoms with Gasteiger partial charge in [0, 0.05) is 24.2 Å². The molecule has 0 atom stereocenters. The van der Waals surface area contributed by atoms with Crippen molar-refractivity contribution in [1.29, 1.82) is 0 Å². The van der Waals surface area contributed by atoms with E-state index in [1.807, 2.05) is 46.0 Å². The van der Waals surface area contributed by atoms with Crippen molar-refractivity contribution in [3.8, 4) is 11.5 Å². The van der Waals surface area contributed by atoms with Gasteiger partial charge in [0.1, 0.15) is 0 Å². The Hall–Kier alpha value is -2.36. The lowest BCUT2D eigenvalue weighted by atomic mass is 9.86. The minimum absolute atomic E-state index is 0.142. The number of carbonyl (C=O) groups excluding carboxylic acids is 1. The maximum absolute atomic E-state index is 12.5. The summed E-state index contributed by atoms with van der Waals surface area (Å²) in [6, 6.07) is 7.90. The largest absolute Gasteiger partial charge is 0.348 e. The Labute approximate surface area is 149 Å². The number of benzene rings is 1. The highest BCUT2D eigenvalue weighted by Crippen LogP contribution is 2.26. The van der Waals surface area contributed by atoms with Crippen LogP contribution in [0.2, 0.25) is 0 Å². The number of aromatic nitrogens is 3. The molecule has 0 fully saturated rings. The Morgan fingerprint density at radius 2 is 1.96 bits per heavy atom. The fourth-order valence-corrected chi connectivity index (χ4v) is 3.16. The van der Waals surface area contributed by atoms with E-state index in [1.54, 1.807) is 0 Å². The number of hydrogen-bond acceptors (Lipinski definition) is 2. The molecule has 1 aromatic carbocycles. The number of imidazole rings is 1. The summed E-state index contributed by atoms with van der Waals surface area (Å²) in [7, 11) is 2.04. The van der Waals surface area contributed by atoms with Gasteiger partial charge in [0.15, 0.2) is 11.6 Å². The first-order valence-corrected chi connectivity index (χ1v) is 8.85. The molecule has 0 spiro atoms. The topological polar surface area (TPSA) is 50.7 Å². The number of Topliss-reactive ketones (excluding diaryl/α,β-unsaturated/α-hetero) is 1. The lowest BCUT2D eigenvalue weighted by Crippen LogP contribution is -2.19. The lowest BCUT2D eigenvalue weighted by Gasteiger charge is -2.16. The van der Waals surface area contributed by atoms with Crippen LogP contribution < -0.4 is 0 Å². The first kappa shape index (κ1) is 17.5. The highest BCUT2D eigenvalue weighted by atomic mass is 16.1. The van der Waals surface area contributed by atoms with E-state index >= 15 is 0 Å². The molecular weight excluding hydrogens is 310 g/mol. The van der Waals surface area contributed by atoms with E-state index in [-0.39, 0.29) is 11.2 Å². The van der Waals surface area contributed by atoms with Crippen LogP contribution in [-0.4, -0.2) is 20.3 Å². The zero-order valence-electron chi connectivity index (χ0n) is 16.0. The molecule has 1 N–H and O–H groups in total. The van der Waals surface area contributed by atoms with Crippen LogP contribution in [-0.2, 0) is 13.5 Å². The summed E-state index contributed by atoms with van der Waals surface area (Å²) in [6.45, 7) is 10.3. The van der Waals surface area contributed by atoms with Crippen LogP contribution >= 0.6 is 0 Å². The zero-order valence-corrected chi connectivity index (χ0v) is 16.0. The molecule has 4 nitrogen and oxygen atoms in total. The van der Waals surface area contributed by atoms with Crippen molar-refractivity contribution in [2.75, 3.05) is 0 Å². The van der Waals surface area contributed by atoms with Crippen molar-refractivity contribution in [1.82, 2.24) is 14.5 Å². The highest BCUT2D eigenvalue weighted by molar-refractivity contribution is 6.02. The molecule has 132 valence electrons. The number of H-pyrrole nitrogens is 1. The van der Waals surface area contributed by atoms with E-state index in [0.29, 0.717) is 5.92 Å². The van der Waals surface area contributed by atoms with Crippen molar-refractivity contribution >= 4 is 16.8 Å². The van der Waals surface area contributed by atoms with E-state index in [1.165, 1.54) is 5.56 Å². The molecule has 3 aromatic rings. The fourth-order valence-electron chi connectivity index (χ4n) is 3.16. The number of nitrogens with one attached hydrogen (secondary N) is 1. The normalized spacial score (nSPS) is 12.3. The molecule has 0 aliphatic carbocycles. The zero-order chi connectivity index (χ0) is 18.4. The molecule has 4 heteroatoms. The number of fused-ring (bicyclic) bond motifs is 1. The number of aromatic amines is 1. The van der Waals surface area contributed by atoms with Gasteiger partial charge in [-0.1, -0.05) is 34.6 Å². The van der Waals surface area contributed by atoms with Crippen LogP contribution in [0.15, 0.2) is 30.5 Å². The number of rotatable bonds is 4. The van der Waals surface area contributed by atoms with Crippen molar-refractivity contribution in [2.24, 2.45) is 18.4 Å². The first-order valence-electron chi connectivity index (χ1n) is 8.85. The molecule has 0 bridgehead atoms. The molecule has 0 aliphatic rings. The Kier molecular flexibility index (Phi) is 4.31. The first-order chi connectivity index (χ1) is 11.6. The minimum Gasteiger partial charge on any atom is -0.348 e. The van der Waals surface area contributed by atoms with Crippen molar-refractivity contribution in [2.45, 2.75) is 41.0 Å². The van der Waals surface area contributed by atoms with Crippen LogP contribution in [0.3, 0.4) is 0 Å². The molecule has 0 amide bonds. The van der Waals surface area contributed by atoms with Gasteiger partial charge in [-0.2, -0.15) is 0 Å². The Morgan fingerprint density at radius 3 is 2.60 bits per heavy atom. The molecule has 0 saturated carbocycles. The van der Waals surface area contributed by atoms with E-state index in [4.69, 9.17) is 4.98 Å². The number of hydrogen-bond donors (Lipinski definition) is 1. The predicted molar refractivity (Wildman–Crippen MR) is 103 cm³/mol. The van der Waals surface area contributed by atoms with Gasteiger partial charge in [-0.25, -0.2) is 4.98 Å². The van der Waals surface area contributed by atoms with Gasteiger partial charge >= 0.3 is 0 Å². The van der Waals surface area contributed by atoms with Gasteiger partial charge < -0.3 is 9.55 Å². The number of carbonyl (C=O) groups is 1. The van der Waals surface area contributed by atoms with Crippen molar-refractivity contribution < 1.29 is 4.79 Å². The molecule has 3 rings (SSSR count). The third-order valence-corrected chi connectivity index (χ3v) is 4.37. The van der Waals surface area contributed by atoms with Gasteiger partial charge in [-0.15, -0.1) is 0 Å². The monoisotopic (exact) mass is 337 g/mol. The third-order valence-electron chi connectivity index (χ3n) is 4.37. The van der Waals surface area contributed by atoms with Gasteiger partial charge in [-0.05, 0) is 42.2 Å². The smallest absolute Gasteiger partial charge is 0.168 e. The maximum atomic E-state index is 12.5. The second-order valence-corrected chi connectivity index (χ2v) is 8.34. The van der Waals surface area contributed by atoms with Crippen molar-refractivity contribution in [3.63, 3.8) is 0 Å². The average Bonchev–Trinajstić information content (AvgIpc) is 3.07. The molecule has 0 unspecified atom stereocenters. The number of nitrogens with zero attached hydrogens (tertiary/aromatic N) is 2. The molecule has 0 radical (unpaired) electrons. The van der Waals surface area contributed by atoms with Gasteiger partial charge in [0.05, 0.1) is 16.7 Å². The standard InChI is InChI=1S/C21H27N3O/c1-13(2)9-14-10-18(24(6)12-14)20-22-16-8-7-15(11-17(16)23-20)19(25)21(3,4)5/h7-8,10-13H,9H2,1-6H3,(H,22,23). The summed E-state index contributed by atoms with van der Waals surface area (Å²) in [5.41, 5.74) is 4.50. The van der Waals surface area contributed by atoms with Crippen LogP contribution in [0.4, 0.5) is 0 Å². The lowest BCUT2D eigenvalue weighted by molar-refractivity contribution is 0.0858. The maximum Gasteiger partial charge on any atom is 0.168 e. The summed E-state index contributed by atoms with van der Waals surface area (Å²) in [4.78, 5) is 20.6. The van der Waals surface area contributed by atoms with Crippen LogP contribution in [0.5, 0.6) is 0 Å². The van der Waals surface area contributed by atoms with E-state index in [2.05, 4.69) is 35.7 Å². The van der Waals surface area contributed by atoms with E-state index in [0.717, 1.165) is 34.5 Å². The second-order valence-electron chi connectivity index (χ2n) is 8.34. The molecule has 0 aliphatic heterocycles. The van der Waals surface area contributed by atoms with Gasteiger partial charge in [-0.3, -0.25) is 4.79 Å². The quantitative estimate of drug-likeness (QED) is 0.681. The molecule has 25 heavy (non-hydrogen) atoms. The fraction of sp³-hybridized carbons (Fsp3) is 0.429. The molecule has 2 heterocycles. The number of ketones is 1.